The Hall–Kier alpha value is 0.270. The maximum absolute atomic E-state index is 5.49. The third-order valence-electron chi connectivity index (χ3n) is 2.29. The van der Waals surface area contributed by atoms with Crippen LogP contribution in [0, 0.1) is 0 Å². The molecule has 0 aromatic carbocycles. The summed E-state index contributed by atoms with van der Waals surface area (Å²) in [6, 6.07) is 0. The lowest BCUT2D eigenvalue weighted by Gasteiger charge is -2.18. The molecule has 0 saturated carbocycles. The minimum absolute atomic E-state index is 0.440. The fourth-order valence-corrected chi connectivity index (χ4v) is 2.89. The van der Waals surface area contributed by atoms with Gasteiger partial charge in [-0.3, -0.25) is 0 Å². The molecule has 3 unspecified atom stereocenters. The lowest BCUT2D eigenvalue weighted by Crippen LogP contribution is -2.18. The zero-order chi connectivity index (χ0) is 8.97. The first-order valence-corrected chi connectivity index (χ1v) is 5.65. The summed E-state index contributed by atoms with van der Waals surface area (Å²) in [6.45, 7) is 6.16. The van der Waals surface area contributed by atoms with Crippen molar-refractivity contribution in [2.45, 2.75) is 43.3 Å². The fraction of sp³-hybridized carbons (Fsp3) is 1.00. The molecule has 1 heterocycles. The molecule has 1 saturated heterocycles. The van der Waals surface area contributed by atoms with Crippen LogP contribution >= 0.6 is 11.8 Å². The Morgan fingerprint density at radius 3 is 2.92 bits per heavy atom. The third-order valence-corrected chi connectivity index (χ3v) is 3.96. The summed E-state index contributed by atoms with van der Waals surface area (Å²) in [5.41, 5.74) is 5.49. The van der Waals surface area contributed by atoms with Gasteiger partial charge >= 0.3 is 0 Å². The Labute approximate surface area is 79.2 Å². The molecule has 3 atom stereocenters. The first kappa shape index (κ1) is 10.4. The molecule has 0 bridgehead atoms. The molecular weight excluding hydrogens is 170 g/mol. The Balaban J connectivity index is 2.20. The van der Waals surface area contributed by atoms with Gasteiger partial charge in [0.25, 0.3) is 0 Å². The average Bonchev–Trinajstić information content (AvgIpc) is 2.37. The molecule has 1 fully saturated rings. The first-order chi connectivity index (χ1) is 5.74. The van der Waals surface area contributed by atoms with Gasteiger partial charge in [-0.25, -0.2) is 0 Å². The number of ether oxygens (including phenoxy) is 1. The SMILES string of the molecule is CC(CCN)SC1CCOC1C. The van der Waals surface area contributed by atoms with Gasteiger partial charge in [-0.05, 0) is 26.3 Å². The van der Waals surface area contributed by atoms with Crippen LogP contribution in [0.15, 0.2) is 0 Å². The molecule has 2 nitrogen and oxygen atoms in total. The minimum atomic E-state index is 0.440. The molecule has 1 rings (SSSR count). The Bertz CT molecular complexity index is 132. The lowest BCUT2D eigenvalue weighted by atomic mass is 10.3. The summed E-state index contributed by atoms with van der Waals surface area (Å²) >= 11 is 2.03. The molecule has 0 aromatic rings. The molecule has 0 aliphatic carbocycles. The van der Waals surface area contributed by atoms with Crippen molar-refractivity contribution in [1.29, 1.82) is 0 Å². The second-order valence-electron chi connectivity index (χ2n) is 3.43. The quantitative estimate of drug-likeness (QED) is 0.730. The molecule has 3 heteroatoms. The van der Waals surface area contributed by atoms with Crippen molar-refractivity contribution in [2.24, 2.45) is 5.73 Å². The highest BCUT2D eigenvalue weighted by Gasteiger charge is 2.25. The standard InChI is InChI=1S/C9H19NOS/c1-7(3-5-10)12-9-4-6-11-8(9)2/h7-9H,3-6,10H2,1-2H3. The van der Waals surface area contributed by atoms with Gasteiger partial charge in [0.15, 0.2) is 0 Å². The van der Waals surface area contributed by atoms with E-state index in [0.29, 0.717) is 16.6 Å². The Morgan fingerprint density at radius 1 is 1.67 bits per heavy atom. The first-order valence-electron chi connectivity index (χ1n) is 4.71. The van der Waals surface area contributed by atoms with Crippen LogP contribution < -0.4 is 5.73 Å². The van der Waals surface area contributed by atoms with E-state index in [1.165, 1.54) is 6.42 Å². The van der Waals surface area contributed by atoms with Crippen molar-refractivity contribution >= 4 is 11.8 Å². The van der Waals surface area contributed by atoms with E-state index < -0.39 is 0 Å². The number of nitrogens with two attached hydrogens (primary N) is 1. The molecule has 12 heavy (non-hydrogen) atoms. The summed E-state index contributed by atoms with van der Waals surface area (Å²) in [5.74, 6) is 0. The van der Waals surface area contributed by atoms with Crippen LogP contribution in [0.2, 0.25) is 0 Å². The Kier molecular flexibility index (Phi) is 4.40. The summed E-state index contributed by atoms with van der Waals surface area (Å²) in [7, 11) is 0. The van der Waals surface area contributed by atoms with Gasteiger partial charge in [0.2, 0.25) is 0 Å². The van der Waals surface area contributed by atoms with Crippen LogP contribution in [0.25, 0.3) is 0 Å². The second kappa shape index (κ2) is 5.10. The van der Waals surface area contributed by atoms with Crippen molar-refractivity contribution in [1.82, 2.24) is 0 Å². The zero-order valence-corrected chi connectivity index (χ0v) is 8.77. The lowest BCUT2D eigenvalue weighted by molar-refractivity contribution is 0.127. The van der Waals surface area contributed by atoms with Gasteiger partial charge in [-0.15, -0.1) is 0 Å². The van der Waals surface area contributed by atoms with E-state index in [-0.39, 0.29) is 0 Å². The van der Waals surface area contributed by atoms with Crippen molar-refractivity contribution in [2.75, 3.05) is 13.2 Å². The monoisotopic (exact) mass is 189 g/mol. The molecular formula is C9H19NOS. The predicted octanol–water partition coefficient (Wildman–Crippen LogP) is 1.63. The Morgan fingerprint density at radius 2 is 2.42 bits per heavy atom. The van der Waals surface area contributed by atoms with E-state index in [2.05, 4.69) is 13.8 Å². The maximum Gasteiger partial charge on any atom is 0.0666 e. The zero-order valence-electron chi connectivity index (χ0n) is 7.95. The van der Waals surface area contributed by atoms with Crippen LogP contribution in [-0.2, 0) is 4.74 Å². The van der Waals surface area contributed by atoms with Crippen LogP contribution in [0.1, 0.15) is 26.7 Å². The molecule has 72 valence electrons. The van der Waals surface area contributed by atoms with Crippen LogP contribution in [0.4, 0.5) is 0 Å². The highest BCUT2D eigenvalue weighted by atomic mass is 32.2. The molecule has 0 spiro atoms. The van der Waals surface area contributed by atoms with E-state index in [1.54, 1.807) is 0 Å². The minimum Gasteiger partial charge on any atom is -0.377 e. The van der Waals surface area contributed by atoms with Crippen molar-refractivity contribution in [3.8, 4) is 0 Å². The average molecular weight is 189 g/mol. The number of rotatable bonds is 4. The number of thioether (sulfide) groups is 1. The van der Waals surface area contributed by atoms with Gasteiger partial charge < -0.3 is 10.5 Å². The highest BCUT2D eigenvalue weighted by Crippen LogP contribution is 2.30. The van der Waals surface area contributed by atoms with Gasteiger partial charge in [0, 0.05) is 17.1 Å². The summed E-state index contributed by atoms with van der Waals surface area (Å²) in [4.78, 5) is 0. The fourth-order valence-electron chi connectivity index (χ4n) is 1.49. The van der Waals surface area contributed by atoms with E-state index in [9.17, 15) is 0 Å². The summed E-state index contributed by atoms with van der Waals surface area (Å²) in [6.07, 6.45) is 2.77. The van der Waals surface area contributed by atoms with E-state index in [4.69, 9.17) is 10.5 Å². The molecule has 0 radical (unpaired) electrons. The van der Waals surface area contributed by atoms with Crippen molar-refractivity contribution < 1.29 is 4.74 Å². The molecule has 1 aliphatic rings. The van der Waals surface area contributed by atoms with E-state index in [1.807, 2.05) is 11.8 Å². The summed E-state index contributed by atoms with van der Waals surface area (Å²) in [5, 5.41) is 1.38. The third kappa shape index (κ3) is 2.96. The van der Waals surface area contributed by atoms with Crippen LogP contribution in [0.5, 0.6) is 0 Å². The van der Waals surface area contributed by atoms with Crippen molar-refractivity contribution in [3.63, 3.8) is 0 Å². The van der Waals surface area contributed by atoms with Gasteiger partial charge in [0.05, 0.1) is 6.10 Å². The van der Waals surface area contributed by atoms with E-state index in [0.717, 1.165) is 19.6 Å². The second-order valence-corrected chi connectivity index (χ2v) is 5.11. The molecule has 0 amide bonds. The largest absolute Gasteiger partial charge is 0.377 e. The highest BCUT2D eigenvalue weighted by molar-refractivity contribution is 8.00. The van der Waals surface area contributed by atoms with E-state index >= 15 is 0 Å². The number of hydrogen-bond donors (Lipinski definition) is 1. The molecule has 0 aromatic heterocycles. The van der Waals surface area contributed by atoms with Gasteiger partial charge in [-0.1, -0.05) is 6.92 Å². The van der Waals surface area contributed by atoms with Gasteiger partial charge in [0.1, 0.15) is 0 Å². The predicted molar refractivity (Wildman–Crippen MR) is 54.5 cm³/mol. The smallest absolute Gasteiger partial charge is 0.0666 e. The summed E-state index contributed by atoms with van der Waals surface area (Å²) < 4.78 is 5.49. The molecule has 1 aliphatic heterocycles. The molecule has 2 N–H and O–H groups in total. The maximum atomic E-state index is 5.49. The van der Waals surface area contributed by atoms with Crippen LogP contribution in [0.3, 0.4) is 0 Å². The van der Waals surface area contributed by atoms with Gasteiger partial charge in [-0.2, -0.15) is 11.8 Å². The normalized spacial score (nSPS) is 32.2. The topological polar surface area (TPSA) is 35.2 Å². The van der Waals surface area contributed by atoms with Crippen molar-refractivity contribution in [3.05, 3.63) is 0 Å². The number of hydrogen-bond acceptors (Lipinski definition) is 3. The van der Waals surface area contributed by atoms with Crippen LogP contribution in [-0.4, -0.2) is 29.8 Å².